The fourth-order valence-electron chi connectivity index (χ4n) is 4.21. The van der Waals surface area contributed by atoms with E-state index in [2.05, 4.69) is 4.90 Å². The van der Waals surface area contributed by atoms with Crippen molar-refractivity contribution in [1.82, 2.24) is 4.90 Å². The van der Waals surface area contributed by atoms with Gasteiger partial charge in [-0.15, -0.1) is 0 Å². The number of sulfonamides is 1. The average Bonchev–Trinajstić information content (AvgIpc) is 2.88. The summed E-state index contributed by atoms with van der Waals surface area (Å²) in [6.07, 6.45) is -4.67. The number of anilines is 2. The topological polar surface area (TPSA) is 60.9 Å². The third kappa shape index (κ3) is 6.02. The maximum Gasteiger partial charge on any atom is 0.416 e. The van der Waals surface area contributed by atoms with Crippen molar-refractivity contribution in [2.75, 3.05) is 41.9 Å². The Balaban J connectivity index is 1.58. The maximum absolute atomic E-state index is 13.5. The van der Waals surface area contributed by atoms with Gasteiger partial charge in [0.1, 0.15) is 6.54 Å². The van der Waals surface area contributed by atoms with Crippen molar-refractivity contribution in [3.05, 3.63) is 88.9 Å². The fraction of sp³-hybridized carbons (Fsp3) is 0.269. The summed E-state index contributed by atoms with van der Waals surface area (Å²) in [6.45, 7) is 2.99. The Morgan fingerprint density at radius 2 is 1.62 bits per heavy atom. The molecule has 0 spiro atoms. The number of amides is 1. The molecule has 0 radical (unpaired) electrons. The van der Waals surface area contributed by atoms with Gasteiger partial charge in [0, 0.05) is 36.9 Å². The fourth-order valence-corrected chi connectivity index (χ4v) is 5.81. The average molecular weight is 552 g/mol. The van der Waals surface area contributed by atoms with Crippen LogP contribution in [0.25, 0.3) is 0 Å². The second kappa shape index (κ2) is 10.6. The van der Waals surface area contributed by atoms with Gasteiger partial charge in [-0.3, -0.25) is 9.10 Å². The van der Waals surface area contributed by atoms with Gasteiger partial charge < -0.3 is 9.80 Å². The molecular weight excluding hydrogens is 527 g/mol. The molecular formula is C26H25ClF3N3O3S. The number of carbonyl (C=O) groups is 1. The monoisotopic (exact) mass is 551 g/mol. The van der Waals surface area contributed by atoms with Crippen LogP contribution in [0.1, 0.15) is 11.1 Å². The Bertz CT molecular complexity index is 1380. The van der Waals surface area contributed by atoms with Crippen molar-refractivity contribution in [3.8, 4) is 0 Å². The number of carbonyl (C=O) groups excluding carboxylic acids is 1. The lowest BCUT2D eigenvalue weighted by Gasteiger charge is -2.37. The van der Waals surface area contributed by atoms with Crippen molar-refractivity contribution in [2.45, 2.75) is 18.0 Å². The summed E-state index contributed by atoms with van der Waals surface area (Å²) in [5.41, 5.74) is 0.752. The van der Waals surface area contributed by atoms with Gasteiger partial charge in [0.15, 0.2) is 0 Å². The number of piperazine rings is 1. The molecule has 3 aromatic rings. The predicted octanol–water partition coefficient (Wildman–Crippen LogP) is 5.21. The highest BCUT2D eigenvalue weighted by atomic mass is 35.5. The Hall–Kier alpha value is -3.24. The summed E-state index contributed by atoms with van der Waals surface area (Å²) in [5, 5.41) is 0.599. The van der Waals surface area contributed by atoms with Crippen LogP contribution in [0.4, 0.5) is 24.5 Å². The number of rotatable bonds is 6. The van der Waals surface area contributed by atoms with E-state index in [1.807, 2.05) is 19.1 Å². The largest absolute Gasteiger partial charge is 0.416 e. The summed E-state index contributed by atoms with van der Waals surface area (Å²) in [4.78, 5) is 16.8. The van der Waals surface area contributed by atoms with Crippen molar-refractivity contribution in [1.29, 1.82) is 0 Å². The van der Waals surface area contributed by atoms with Crippen LogP contribution < -0.4 is 9.21 Å². The van der Waals surface area contributed by atoms with Crippen LogP contribution >= 0.6 is 11.6 Å². The van der Waals surface area contributed by atoms with Crippen LogP contribution in [-0.2, 0) is 21.0 Å². The standard InChI is InChI=1S/C26H25ClF3N3O3S/c1-19-10-11-21(27)17-24(19)31-12-14-32(15-13-31)25(34)18-33(37(35,36)23-8-3-2-4-9-23)22-7-5-6-20(16-22)26(28,29)30/h2-11,16-17H,12-15,18H2,1H3. The Kier molecular flexibility index (Phi) is 7.70. The first-order chi connectivity index (χ1) is 17.5. The molecule has 1 amide bonds. The lowest BCUT2D eigenvalue weighted by atomic mass is 10.1. The normalized spacial score (nSPS) is 14.5. The first kappa shape index (κ1) is 26.8. The first-order valence-electron chi connectivity index (χ1n) is 11.5. The van der Waals surface area contributed by atoms with Gasteiger partial charge in [0.05, 0.1) is 16.1 Å². The van der Waals surface area contributed by atoms with Crippen molar-refractivity contribution < 1.29 is 26.4 Å². The van der Waals surface area contributed by atoms with Crippen molar-refractivity contribution in [2.24, 2.45) is 0 Å². The van der Waals surface area contributed by atoms with E-state index in [1.54, 1.807) is 12.1 Å². The number of hydrogen-bond acceptors (Lipinski definition) is 4. The second-order valence-electron chi connectivity index (χ2n) is 8.67. The van der Waals surface area contributed by atoms with E-state index < -0.39 is 34.2 Å². The van der Waals surface area contributed by atoms with Gasteiger partial charge in [-0.25, -0.2) is 8.42 Å². The number of aryl methyl sites for hydroxylation is 1. The molecule has 0 unspecified atom stereocenters. The number of halogens is 4. The molecule has 37 heavy (non-hydrogen) atoms. The van der Waals surface area contributed by atoms with E-state index in [0.717, 1.165) is 33.8 Å². The molecule has 0 aromatic heterocycles. The Morgan fingerprint density at radius 1 is 0.946 bits per heavy atom. The molecule has 1 aliphatic rings. The minimum absolute atomic E-state index is 0.124. The maximum atomic E-state index is 13.5. The molecule has 0 saturated carbocycles. The highest BCUT2D eigenvalue weighted by molar-refractivity contribution is 7.92. The summed E-state index contributed by atoms with van der Waals surface area (Å²) in [7, 11) is -4.32. The minimum Gasteiger partial charge on any atom is -0.368 e. The lowest BCUT2D eigenvalue weighted by Crippen LogP contribution is -2.52. The van der Waals surface area contributed by atoms with E-state index >= 15 is 0 Å². The molecule has 1 fully saturated rings. The van der Waals surface area contributed by atoms with Gasteiger partial charge in [-0.2, -0.15) is 13.2 Å². The summed E-state index contributed by atoms with van der Waals surface area (Å²) in [6, 6.07) is 16.9. The molecule has 196 valence electrons. The molecule has 0 atom stereocenters. The van der Waals surface area contributed by atoms with Crippen LogP contribution in [0.3, 0.4) is 0 Å². The molecule has 1 heterocycles. The number of benzene rings is 3. The molecule has 3 aromatic carbocycles. The summed E-state index contributed by atoms with van der Waals surface area (Å²) >= 11 is 6.14. The van der Waals surface area contributed by atoms with Gasteiger partial charge in [-0.1, -0.05) is 41.9 Å². The van der Waals surface area contributed by atoms with E-state index in [4.69, 9.17) is 11.6 Å². The van der Waals surface area contributed by atoms with Gasteiger partial charge >= 0.3 is 6.18 Å². The Labute approximate surface area is 218 Å². The van der Waals surface area contributed by atoms with E-state index in [0.29, 0.717) is 31.2 Å². The predicted molar refractivity (Wildman–Crippen MR) is 137 cm³/mol. The third-order valence-electron chi connectivity index (χ3n) is 6.22. The van der Waals surface area contributed by atoms with Crippen molar-refractivity contribution >= 4 is 38.9 Å². The van der Waals surface area contributed by atoms with Gasteiger partial charge in [-0.05, 0) is 55.0 Å². The van der Waals surface area contributed by atoms with E-state index in [-0.39, 0.29) is 10.6 Å². The highest BCUT2D eigenvalue weighted by Gasteiger charge is 2.34. The molecule has 0 aliphatic carbocycles. The molecule has 6 nitrogen and oxygen atoms in total. The number of alkyl halides is 3. The van der Waals surface area contributed by atoms with Crippen LogP contribution in [0.15, 0.2) is 77.7 Å². The lowest BCUT2D eigenvalue weighted by molar-refractivity contribution is -0.137. The van der Waals surface area contributed by atoms with Crippen LogP contribution in [0.5, 0.6) is 0 Å². The van der Waals surface area contributed by atoms with Crippen molar-refractivity contribution in [3.63, 3.8) is 0 Å². The molecule has 0 N–H and O–H groups in total. The minimum atomic E-state index is -4.67. The summed E-state index contributed by atoms with van der Waals surface area (Å²) in [5.74, 6) is -0.501. The quantitative estimate of drug-likeness (QED) is 0.422. The number of nitrogens with zero attached hydrogens (tertiary/aromatic N) is 3. The zero-order chi connectivity index (χ0) is 26.8. The zero-order valence-corrected chi connectivity index (χ0v) is 21.5. The second-order valence-corrected chi connectivity index (χ2v) is 11.0. The Morgan fingerprint density at radius 3 is 2.27 bits per heavy atom. The summed E-state index contributed by atoms with van der Waals surface area (Å²) < 4.78 is 67.8. The SMILES string of the molecule is Cc1ccc(Cl)cc1N1CCN(C(=O)CN(c2cccc(C(F)(F)F)c2)S(=O)(=O)c2ccccc2)CC1. The first-order valence-corrected chi connectivity index (χ1v) is 13.3. The smallest absolute Gasteiger partial charge is 0.368 e. The molecule has 1 aliphatic heterocycles. The molecule has 4 rings (SSSR count). The molecule has 11 heteroatoms. The highest BCUT2D eigenvalue weighted by Crippen LogP contribution is 2.33. The van der Waals surface area contributed by atoms with Gasteiger partial charge in [0.2, 0.25) is 5.91 Å². The molecule has 0 bridgehead atoms. The zero-order valence-electron chi connectivity index (χ0n) is 20.0. The number of hydrogen-bond donors (Lipinski definition) is 0. The van der Waals surface area contributed by atoms with Gasteiger partial charge in [0.25, 0.3) is 10.0 Å². The van der Waals surface area contributed by atoms with E-state index in [9.17, 15) is 26.4 Å². The van der Waals surface area contributed by atoms with E-state index in [1.165, 1.54) is 35.2 Å². The van der Waals surface area contributed by atoms with Crippen LogP contribution in [0, 0.1) is 6.92 Å². The van der Waals surface area contributed by atoms with Crippen LogP contribution in [-0.4, -0.2) is 51.9 Å². The third-order valence-corrected chi connectivity index (χ3v) is 8.24. The van der Waals surface area contributed by atoms with Crippen LogP contribution in [0.2, 0.25) is 5.02 Å². The molecule has 1 saturated heterocycles.